The Morgan fingerprint density at radius 3 is 2.77 bits per heavy atom. The Hall–Kier alpha value is -1.86. The lowest BCUT2D eigenvalue weighted by molar-refractivity contribution is -0.113. The molecule has 0 unspecified atom stereocenters. The van der Waals surface area contributed by atoms with Crippen LogP contribution in [-0.4, -0.2) is 40.1 Å². The highest BCUT2D eigenvalue weighted by Gasteiger charge is 2.17. The molecular weight excluding hydrogens is 348 g/mol. The molecule has 0 aliphatic carbocycles. The van der Waals surface area contributed by atoms with Gasteiger partial charge in [0.1, 0.15) is 5.82 Å². The van der Waals surface area contributed by atoms with E-state index in [1.165, 1.54) is 11.8 Å². The number of ether oxygens (including phenoxy) is 1. The number of para-hydroxylation sites is 1. The quantitative estimate of drug-likeness (QED) is 0.677. The Kier molecular flexibility index (Phi) is 7.66. The van der Waals surface area contributed by atoms with E-state index in [-0.39, 0.29) is 11.8 Å². The Morgan fingerprint density at radius 2 is 2.12 bits per heavy atom. The highest BCUT2D eigenvalue weighted by atomic mass is 32.2. The number of thioether (sulfide) groups is 1. The van der Waals surface area contributed by atoms with Gasteiger partial charge in [-0.2, -0.15) is 0 Å². The summed E-state index contributed by atoms with van der Waals surface area (Å²) in [4.78, 5) is 12.5. The summed E-state index contributed by atoms with van der Waals surface area (Å²) in [6, 6.07) is 6.08. The minimum Gasteiger partial charge on any atom is -0.383 e. The number of anilines is 1. The standard InChI is InChI=1S/C19H28N4O2S/c1-6-15-9-7-8-14(4)17(15)20-16(24)12-26-19-22-21-18(13(2)3)23(19)10-11-25-5/h7-9,13H,6,10-12H2,1-5H3,(H,20,24). The third kappa shape index (κ3) is 5.08. The van der Waals surface area contributed by atoms with Gasteiger partial charge in [-0.15, -0.1) is 10.2 Å². The number of carbonyl (C=O) groups excluding carboxylic acids is 1. The van der Waals surface area contributed by atoms with Crippen molar-refractivity contribution in [2.24, 2.45) is 0 Å². The molecule has 1 aromatic heterocycles. The first-order valence-corrected chi connectivity index (χ1v) is 9.89. The molecule has 0 aliphatic heterocycles. The van der Waals surface area contributed by atoms with Crippen LogP contribution in [0.1, 0.15) is 43.6 Å². The molecule has 0 saturated heterocycles. The number of nitrogens with zero attached hydrogens (tertiary/aromatic N) is 3. The van der Waals surface area contributed by atoms with E-state index in [2.05, 4.69) is 36.3 Å². The van der Waals surface area contributed by atoms with Crippen molar-refractivity contribution in [2.75, 3.05) is 24.8 Å². The molecular formula is C19H28N4O2S. The molecule has 0 aliphatic rings. The van der Waals surface area contributed by atoms with E-state index in [4.69, 9.17) is 4.74 Å². The third-order valence-corrected chi connectivity index (χ3v) is 5.08. The highest BCUT2D eigenvalue weighted by molar-refractivity contribution is 7.99. The summed E-state index contributed by atoms with van der Waals surface area (Å²) in [6.07, 6.45) is 0.882. The first-order valence-electron chi connectivity index (χ1n) is 8.91. The third-order valence-electron chi connectivity index (χ3n) is 4.12. The predicted molar refractivity (Wildman–Crippen MR) is 106 cm³/mol. The fourth-order valence-corrected chi connectivity index (χ4v) is 3.51. The molecule has 0 bridgehead atoms. The molecule has 26 heavy (non-hydrogen) atoms. The van der Waals surface area contributed by atoms with Crippen molar-refractivity contribution in [1.82, 2.24) is 14.8 Å². The number of rotatable bonds is 9. The van der Waals surface area contributed by atoms with E-state index >= 15 is 0 Å². The molecule has 2 rings (SSSR count). The summed E-state index contributed by atoms with van der Waals surface area (Å²) in [5.41, 5.74) is 3.14. The average Bonchev–Trinajstić information content (AvgIpc) is 3.03. The SMILES string of the molecule is CCc1cccc(C)c1NC(=O)CSc1nnc(C(C)C)n1CCOC. The molecule has 6 nitrogen and oxygen atoms in total. The fraction of sp³-hybridized carbons (Fsp3) is 0.526. The number of aromatic nitrogens is 3. The number of carbonyl (C=O) groups is 1. The van der Waals surface area contributed by atoms with Gasteiger partial charge in [0.2, 0.25) is 5.91 Å². The molecule has 7 heteroatoms. The van der Waals surface area contributed by atoms with Gasteiger partial charge >= 0.3 is 0 Å². The average molecular weight is 377 g/mol. The van der Waals surface area contributed by atoms with Gasteiger partial charge in [-0.3, -0.25) is 4.79 Å². The van der Waals surface area contributed by atoms with Crippen LogP contribution in [0.5, 0.6) is 0 Å². The van der Waals surface area contributed by atoms with Gasteiger partial charge in [0, 0.05) is 25.3 Å². The lowest BCUT2D eigenvalue weighted by Gasteiger charge is -2.13. The van der Waals surface area contributed by atoms with E-state index in [1.54, 1.807) is 7.11 Å². The predicted octanol–water partition coefficient (Wildman–Crippen LogP) is 3.65. The topological polar surface area (TPSA) is 69.0 Å². The first kappa shape index (κ1) is 20.5. The van der Waals surface area contributed by atoms with E-state index in [1.807, 2.05) is 29.7 Å². The minimum atomic E-state index is -0.0358. The molecule has 1 N–H and O–H groups in total. The summed E-state index contributed by atoms with van der Waals surface area (Å²) in [5, 5.41) is 12.3. The molecule has 0 saturated carbocycles. The van der Waals surface area contributed by atoms with E-state index < -0.39 is 0 Å². The monoisotopic (exact) mass is 376 g/mol. The normalized spacial score (nSPS) is 11.2. The zero-order chi connectivity index (χ0) is 19.1. The van der Waals surface area contributed by atoms with Gasteiger partial charge in [0.15, 0.2) is 5.16 Å². The Labute approximate surface area is 159 Å². The van der Waals surface area contributed by atoms with Crippen LogP contribution in [0.4, 0.5) is 5.69 Å². The molecule has 0 atom stereocenters. The van der Waals surface area contributed by atoms with Crippen LogP contribution >= 0.6 is 11.8 Å². The van der Waals surface area contributed by atoms with Crippen molar-refractivity contribution in [2.45, 2.75) is 51.7 Å². The van der Waals surface area contributed by atoms with Crippen molar-refractivity contribution in [3.63, 3.8) is 0 Å². The maximum Gasteiger partial charge on any atom is 0.234 e. The van der Waals surface area contributed by atoms with Crippen LogP contribution in [-0.2, 0) is 22.5 Å². The van der Waals surface area contributed by atoms with Crippen LogP contribution in [0.15, 0.2) is 23.4 Å². The van der Waals surface area contributed by atoms with Crippen molar-refractivity contribution < 1.29 is 9.53 Å². The van der Waals surface area contributed by atoms with Crippen molar-refractivity contribution in [1.29, 1.82) is 0 Å². The molecule has 2 aromatic rings. The number of amides is 1. The zero-order valence-electron chi connectivity index (χ0n) is 16.2. The van der Waals surface area contributed by atoms with E-state index in [9.17, 15) is 4.79 Å². The van der Waals surface area contributed by atoms with Gasteiger partial charge in [0.25, 0.3) is 0 Å². The second-order valence-electron chi connectivity index (χ2n) is 6.44. The largest absolute Gasteiger partial charge is 0.383 e. The van der Waals surface area contributed by atoms with Crippen LogP contribution in [0.2, 0.25) is 0 Å². The smallest absolute Gasteiger partial charge is 0.234 e. The lowest BCUT2D eigenvalue weighted by atomic mass is 10.1. The van der Waals surface area contributed by atoms with Crippen LogP contribution in [0, 0.1) is 6.92 Å². The Morgan fingerprint density at radius 1 is 1.35 bits per heavy atom. The molecule has 0 spiro atoms. The fourth-order valence-electron chi connectivity index (χ4n) is 2.73. The second-order valence-corrected chi connectivity index (χ2v) is 7.38. The summed E-state index contributed by atoms with van der Waals surface area (Å²) in [7, 11) is 1.67. The molecule has 142 valence electrons. The molecule has 0 fully saturated rings. The molecule has 1 aromatic carbocycles. The summed E-state index contributed by atoms with van der Waals surface area (Å²) < 4.78 is 7.22. The van der Waals surface area contributed by atoms with Gasteiger partial charge in [-0.05, 0) is 24.5 Å². The van der Waals surface area contributed by atoms with Gasteiger partial charge in [-0.25, -0.2) is 0 Å². The van der Waals surface area contributed by atoms with E-state index in [0.717, 1.165) is 34.2 Å². The molecule has 1 amide bonds. The number of methoxy groups -OCH3 is 1. The maximum absolute atomic E-state index is 12.5. The Bertz CT molecular complexity index is 743. The summed E-state index contributed by atoms with van der Waals surface area (Å²) >= 11 is 1.40. The second kappa shape index (κ2) is 9.73. The highest BCUT2D eigenvalue weighted by Crippen LogP contribution is 2.24. The van der Waals surface area contributed by atoms with Gasteiger partial charge in [-0.1, -0.05) is 50.7 Å². The minimum absolute atomic E-state index is 0.0358. The molecule has 1 heterocycles. The number of hydrogen-bond donors (Lipinski definition) is 1. The summed E-state index contributed by atoms with van der Waals surface area (Å²) in [5.74, 6) is 1.44. The number of nitrogens with one attached hydrogen (secondary N) is 1. The first-order chi connectivity index (χ1) is 12.5. The zero-order valence-corrected chi connectivity index (χ0v) is 17.0. The van der Waals surface area contributed by atoms with Gasteiger partial charge < -0.3 is 14.6 Å². The summed E-state index contributed by atoms with van der Waals surface area (Å²) in [6.45, 7) is 9.53. The van der Waals surface area contributed by atoms with Crippen molar-refractivity contribution in [3.05, 3.63) is 35.2 Å². The van der Waals surface area contributed by atoms with E-state index in [0.29, 0.717) is 18.9 Å². The van der Waals surface area contributed by atoms with Crippen LogP contribution in [0.25, 0.3) is 0 Å². The van der Waals surface area contributed by atoms with Gasteiger partial charge in [0.05, 0.1) is 12.4 Å². The van der Waals surface area contributed by atoms with Crippen molar-refractivity contribution in [3.8, 4) is 0 Å². The van der Waals surface area contributed by atoms with Crippen LogP contribution < -0.4 is 5.32 Å². The number of benzene rings is 1. The molecule has 0 radical (unpaired) electrons. The lowest BCUT2D eigenvalue weighted by Crippen LogP contribution is -2.17. The van der Waals surface area contributed by atoms with Crippen LogP contribution in [0.3, 0.4) is 0 Å². The number of aryl methyl sites for hydroxylation is 2. The van der Waals surface area contributed by atoms with Crippen molar-refractivity contribution >= 4 is 23.4 Å². The number of hydrogen-bond acceptors (Lipinski definition) is 5. The Balaban J connectivity index is 2.06. The maximum atomic E-state index is 12.5.